The van der Waals surface area contributed by atoms with E-state index < -0.39 is 0 Å². The predicted octanol–water partition coefficient (Wildman–Crippen LogP) is 3.39. The highest BCUT2D eigenvalue weighted by molar-refractivity contribution is 6.04. The number of ether oxygens (including phenoxy) is 1. The zero-order valence-corrected chi connectivity index (χ0v) is 15.4. The van der Waals surface area contributed by atoms with Crippen molar-refractivity contribution < 1.29 is 9.53 Å². The first-order valence-corrected chi connectivity index (χ1v) is 8.93. The number of nitrogens with zero attached hydrogens (tertiary/aromatic N) is 3. The molecule has 2 aromatic heterocycles. The molecule has 0 aliphatic carbocycles. The Kier molecular flexibility index (Phi) is 6.02. The minimum absolute atomic E-state index is 0.285. The van der Waals surface area contributed by atoms with Crippen LogP contribution in [0.3, 0.4) is 0 Å². The number of fused-ring (bicyclic) bond motifs is 1. The van der Waals surface area contributed by atoms with E-state index in [-0.39, 0.29) is 5.97 Å². The van der Waals surface area contributed by atoms with Gasteiger partial charge in [0.25, 0.3) is 0 Å². The fourth-order valence-electron chi connectivity index (χ4n) is 3.18. The monoisotopic (exact) mass is 351 g/mol. The van der Waals surface area contributed by atoms with Gasteiger partial charge in [0.2, 0.25) is 0 Å². The molecule has 3 rings (SSSR count). The fourth-order valence-corrected chi connectivity index (χ4v) is 3.18. The molecule has 0 amide bonds. The minimum Gasteiger partial charge on any atom is -0.465 e. The smallest absolute Gasteiger partial charge is 0.340 e. The van der Waals surface area contributed by atoms with Gasteiger partial charge in [-0.05, 0) is 38.2 Å². The second kappa shape index (κ2) is 8.63. The summed E-state index contributed by atoms with van der Waals surface area (Å²) in [5.41, 5.74) is 2.83. The number of para-hydroxylation sites is 1. The van der Waals surface area contributed by atoms with E-state index >= 15 is 0 Å². The van der Waals surface area contributed by atoms with Crippen LogP contribution in [0.2, 0.25) is 0 Å². The van der Waals surface area contributed by atoms with Crippen LogP contribution in [0.1, 0.15) is 22.5 Å². The fraction of sp³-hybridized carbons (Fsp3) is 0.333. The van der Waals surface area contributed by atoms with Crippen LogP contribution in [-0.2, 0) is 17.7 Å². The Labute approximate surface area is 154 Å². The van der Waals surface area contributed by atoms with Gasteiger partial charge in [0.05, 0.1) is 12.7 Å². The van der Waals surface area contributed by atoms with E-state index in [1.54, 1.807) is 0 Å². The first-order valence-electron chi connectivity index (χ1n) is 8.93. The third kappa shape index (κ3) is 4.29. The molecule has 1 aromatic carbocycles. The van der Waals surface area contributed by atoms with Gasteiger partial charge >= 0.3 is 5.97 Å². The number of esters is 1. The van der Waals surface area contributed by atoms with Crippen LogP contribution >= 0.6 is 0 Å². The summed E-state index contributed by atoms with van der Waals surface area (Å²) in [6.45, 7) is 2.84. The Morgan fingerprint density at radius 2 is 1.96 bits per heavy atom. The zero-order valence-electron chi connectivity index (χ0n) is 15.4. The third-order valence-corrected chi connectivity index (χ3v) is 4.61. The molecule has 26 heavy (non-hydrogen) atoms. The average molecular weight is 351 g/mol. The van der Waals surface area contributed by atoms with Gasteiger partial charge in [-0.15, -0.1) is 0 Å². The lowest BCUT2D eigenvalue weighted by molar-refractivity contribution is 0.0602. The molecule has 3 aromatic rings. The highest BCUT2D eigenvalue weighted by Crippen LogP contribution is 2.22. The van der Waals surface area contributed by atoms with Crippen LogP contribution in [0.4, 0.5) is 0 Å². The van der Waals surface area contributed by atoms with E-state index in [1.807, 2.05) is 48.8 Å². The third-order valence-electron chi connectivity index (χ3n) is 4.61. The maximum Gasteiger partial charge on any atom is 0.340 e. The zero-order chi connectivity index (χ0) is 18.4. The van der Waals surface area contributed by atoms with E-state index in [2.05, 4.69) is 27.6 Å². The summed E-state index contributed by atoms with van der Waals surface area (Å²) < 4.78 is 7.05. The van der Waals surface area contributed by atoms with Crippen LogP contribution in [0.5, 0.6) is 0 Å². The number of hydrogen-bond acceptors (Lipinski definition) is 4. The Balaban J connectivity index is 1.57. The molecule has 0 spiro atoms. The number of benzene rings is 1. The van der Waals surface area contributed by atoms with Crippen LogP contribution in [0.15, 0.2) is 54.9 Å². The summed E-state index contributed by atoms with van der Waals surface area (Å²) in [5.74, 6) is -0.285. The summed E-state index contributed by atoms with van der Waals surface area (Å²) in [5, 5.41) is 0.947. The quantitative estimate of drug-likeness (QED) is 0.584. The number of aryl methyl sites for hydroxylation is 1. The molecule has 5 heteroatoms. The average Bonchev–Trinajstić information content (AvgIpc) is 3.05. The van der Waals surface area contributed by atoms with Gasteiger partial charge in [-0.25, -0.2) is 4.79 Å². The lowest BCUT2D eigenvalue weighted by atomic mass is 10.2. The maximum atomic E-state index is 12.0. The molecule has 0 fully saturated rings. The van der Waals surface area contributed by atoms with Crippen LogP contribution < -0.4 is 0 Å². The molecule has 0 radical (unpaired) electrons. The van der Waals surface area contributed by atoms with Crippen molar-refractivity contribution in [1.82, 2.24) is 14.5 Å². The number of rotatable bonds is 8. The minimum atomic E-state index is -0.285. The molecule has 0 aliphatic heterocycles. The molecule has 5 nitrogen and oxygen atoms in total. The number of aromatic nitrogens is 2. The summed E-state index contributed by atoms with van der Waals surface area (Å²) in [6.07, 6.45) is 5.71. The molecule has 0 atom stereocenters. The van der Waals surface area contributed by atoms with E-state index in [1.165, 1.54) is 7.11 Å². The van der Waals surface area contributed by atoms with Gasteiger partial charge in [-0.3, -0.25) is 4.98 Å². The van der Waals surface area contributed by atoms with Crippen molar-refractivity contribution in [2.75, 3.05) is 27.2 Å². The molecule has 0 bridgehead atoms. The van der Waals surface area contributed by atoms with Gasteiger partial charge in [-0.2, -0.15) is 0 Å². The van der Waals surface area contributed by atoms with Crippen molar-refractivity contribution in [2.24, 2.45) is 0 Å². The highest BCUT2D eigenvalue weighted by Gasteiger charge is 2.14. The van der Waals surface area contributed by atoms with Gasteiger partial charge in [0, 0.05) is 48.5 Å². The Hall–Kier alpha value is -2.66. The van der Waals surface area contributed by atoms with Crippen molar-refractivity contribution in [3.8, 4) is 0 Å². The number of pyridine rings is 1. The first kappa shape index (κ1) is 18.1. The van der Waals surface area contributed by atoms with E-state index in [0.29, 0.717) is 5.56 Å². The molecule has 0 N–H and O–H groups in total. The predicted molar refractivity (Wildman–Crippen MR) is 103 cm³/mol. The van der Waals surface area contributed by atoms with E-state index in [4.69, 9.17) is 4.74 Å². The van der Waals surface area contributed by atoms with Crippen molar-refractivity contribution in [3.63, 3.8) is 0 Å². The summed E-state index contributed by atoms with van der Waals surface area (Å²) in [7, 11) is 3.56. The summed E-state index contributed by atoms with van der Waals surface area (Å²) >= 11 is 0. The standard InChI is InChI=1S/C21H25N3O2/c1-23(15-11-17-8-5-6-12-22-17)13-7-14-24-16-19(21(25)26-2)18-9-3-4-10-20(18)24/h3-6,8-10,12,16H,7,11,13-15H2,1-2H3. The molecule has 0 saturated heterocycles. The second-order valence-corrected chi connectivity index (χ2v) is 6.47. The molecule has 0 saturated carbocycles. The van der Waals surface area contributed by atoms with Crippen molar-refractivity contribution >= 4 is 16.9 Å². The Morgan fingerprint density at radius 3 is 2.73 bits per heavy atom. The van der Waals surface area contributed by atoms with Crippen molar-refractivity contribution in [2.45, 2.75) is 19.4 Å². The molecular weight excluding hydrogens is 326 g/mol. The van der Waals surface area contributed by atoms with Gasteiger partial charge < -0.3 is 14.2 Å². The normalized spacial score (nSPS) is 11.2. The Bertz CT molecular complexity index is 858. The van der Waals surface area contributed by atoms with Gasteiger partial charge in [0.15, 0.2) is 0 Å². The summed E-state index contributed by atoms with van der Waals surface area (Å²) in [6, 6.07) is 14.0. The van der Waals surface area contributed by atoms with E-state index in [9.17, 15) is 4.79 Å². The second-order valence-electron chi connectivity index (χ2n) is 6.47. The van der Waals surface area contributed by atoms with Crippen molar-refractivity contribution in [3.05, 3.63) is 66.1 Å². The number of carbonyl (C=O) groups excluding carboxylic acids is 1. The topological polar surface area (TPSA) is 47.4 Å². The number of carbonyl (C=O) groups is 1. The lowest BCUT2D eigenvalue weighted by Crippen LogP contribution is -2.23. The Morgan fingerprint density at radius 1 is 1.15 bits per heavy atom. The van der Waals surface area contributed by atoms with Gasteiger partial charge in [-0.1, -0.05) is 24.3 Å². The van der Waals surface area contributed by atoms with Crippen LogP contribution in [-0.4, -0.2) is 47.7 Å². The SMILES string of the molecule is COC(=O)c1cn(CCCN(C)CCc2ccccn2)c2ccccc12. The molecule has 2 heterocycles. The first-order chi connectivity index (χ1) is 12.7. The molecule has 0 aliphatic rings. The number of likely N-dealkylation sites (N-methyl/N-ethyl adjacent to an activating group) is 1. The van der Waals surface area contributed by atoms with E-state index in [0.717, 1.165) is 49.1 Å². The molecular formula is C21H25N3O2. The number of methoxy groups -OCH3 is 1. The maximum absolute atomic E-state index is 12.0. The van der Waals surface area contributed by atoms with Crippen LogP contribution in [0.25, 0.3) is 10.9 Å². The van der Waals surface area contributed by atoms with Crippen molar-refractivity contribution in [1.29, 1.82) is 0 Å². The lowest BCUT2D eigenvalue weighted by Gasteiger charge is -2.16. The summed E-state index contributed by atoms with van der Waals surface area (Å²) in [4.78, 5) is 18.7. The highest BCUT2D eigenvalue weighted by atomic mass is 16.5. The van der Waals surface area contributed by atoms with Crippen LogP contribution in [0, 0.1) is 0 Å². The number of hydrogen-bond donors (Lipinski definition) is 0. The largest absolute Gasteiger partial charge is 0.465 e. The molecule has 136 valence electrons. The van der Waals surface area contributed by atoms with Gasteiger partial charge in [0.1, 0.15) is 0 Å². The molecule has 0 unspecified atom stereocenters.